The van der Waals surface area contributed by atoms with Crippen molar-refractivity contribution in [1.82, 2.24) is 9.97 Å². The van der Waals surface area contributed by atoms with Gasteiger partial charge in [0.25, 0.3) is 0 Å². The molecule has 0 bridgehead atoms. The smallest absolute Gasteiger partial charge is 0.231 e. The molecule has 4 heteroatoms. The summed E-state index contributed by atoms with van der Waals surface area (Å²) in [7, 11) is -0.752. The Bertz CT molecular complexity index is 217. The van der Waals surface area contributed by atoms with Crippen molar-refractivity contribution >= 4 is 16.2 Å². The van der Waals surface area contributed by atoms with Crippen LogP contribution in [0.5, 0.6) is 0 Å². The highest BCUT2D eigenvalue weighted by molar-refractivity contribution is 8.33. The first-order valence-corrected chi connectivity index (χ1v) is 6.17. The number of nitrogens with zero attached hydrogens (tertiary/aromatic N) is 2. The molecule has 0 saturated carbocycles. The zero-order chi connectivity index (χ0) is 8.32. The van der Waals surface area contributed by atoms with Gasteiger partial charge in [-0.05, 0) is 24.8 Å². The molecule has 1 aromatic heterocycles. The third-order valence-electron chi connectivity index (χ3n) is 0.963. The Kier molecular flexibility index (Phi) is 2.34. The van der Waals surface area contributed by atoms with Crippen LogP contribution in [0.1, 0.15) is 0 Å². The van der Waals surface area contributed by atoms with Crippen LogP contribution in [-0.4, -0.2) is 28.7 Å². The molecule has 0 aliphatic heterocycles. The quantitative estimate of drug-likeness (QED) is 0.732. The molecule has 0 fully saturated rings. The first kappa shape index (κ1) is 8.33. The predicted octanol–water partition coefficient (Wildman–Crippen LogP) is 1.50. The SMILES string of the molecule is CS(C)(C)Nc1ncccn1. The Hall–Kier alpha value is -0.770. The van der Waals surface area contributed by atoms with E-state index in [1.807, 2.05) is 6.07 Å². The second-order valence-electron chi connectivity index (χ2n) is 3.01. The number of anilines is 1. The fraction of sp³-hybridized carbons (Fsp3) is 0.429. The van der Waals surface area contributed by atoms with Gasteiger partial charge in [0, 0.05) is 12.4 Å². The van der Waals surface area contributed by atoms with Gasteiger partial charge >= 0.3 is 0 Å². The first-order chi connectivity index (χ1) is 5.08. The summed E-state index contributed by atoms with van der Waals surface area (Å²) in [6.45, 7) is 0. The van der Waals surface area contributed by atoms with Gasteiger partial charge in [-0.15, -0.1) is 0 Å². The van der Waals surface area contributed by atoms with Gasteiger partial charge in [0.15, 0.2) is 0 Å². The summed E-state index contributed by atoms with van der Waals surface area (Å²) in [5.74, 6) is 0.718. The number of hydrogen-bond acceptors (Lipinski definition) is 3. The van der Waals surface area contributed by atoms with Gasteiger partial charge in [0.2, 0.25) is 5.95 Å². The lowest BCUT2D eigenvalue weighted by atomic mass is 10.7. The van der Waals surface area contributed by atoms with Gasteiger partial charge in [-0.1, -0.05) is 0 Å². The molecule has 0 amide bonds. The van der Waals surface area contributed by atoms with Crippen LogP contribution in [0.25, 0.3) is 0 Å². The molecule has 3 nitrogen and oxygen atoms in total. The fourth-order valence-corrected chi connectivity index (χ4v) is 1.28. The number of rotatable bonds is 2. The van der Waals surface area contributed by atoms with E-state index < -0.39 is 10.2 Å². The minimum absolute atomic E-state index is 0.718. The summed E-state index contributed by atoms with van der Waals surface area (Å²) < 4.78 is 3.24. The summed E-state index contributed by atoms with van der Waals surface area (Å²) in [6.07, 6.45) is 9.94. The highest BCUT2D eigenvalue weighted by Gasteiger charge is 2.03. The molecule has 0 saturated heterocycles. The second kappa shape index (κ2) is 3.09. The van der Waals surface area contributed by atoms with Crippen molar-refractivity contribution in [3.05, 3.63) is 18.5 Å². The van der Waals surface area contributed by atoms with Crippen LogP contribution in [0, 0.1) is 0 Å². The zero-order valence-electron chi connectivity index (χ0n) is 7.03. The number of nitrogens with one attached hydrogen (secondary N) is 1. The lowest BCUT2D eigenvalue weighted by molar-refractivity contribution is 1.18. The Balaban J connectivity index is 2.66. The molecule has 1 heterocycles. The lowest BCUT2D eigenvalue weighted by Crippen LogP contribution is -2.07. The molecule has 0 spiro atoms. The maximum Gasteiger partial charge on any atom is 0.231 e. The van der Waals surface area contributed by atoms with E-state index in [-0.39, 0.29) is 0 Å². The van der Waals surface area contributed by atoms with E-state index in [2.05, 4.69) is 33.5 Å². The van der Waals surface area contributed by atoms with E-state index in [0.29, 0.717) is 0 Å². The third kappa shape index (κ3) is 3.23. The summed E-state index contributed by atoms with van der Waals surface area (Å²) in [6, 6.07) is 1.81. The van der Waals surface area contributed by atoms with Crippen LogP contribution in [0.2, 0.25) is 0 Å². The van der Waals surface area contributed by atoms with Gasteiger partial charge in [0.1, 0.15) is 0 Å². The van der Waals surface area contributed by atoms with Crippen LogP contribution >= 0.6 is 10.2 Å². The van der Waals surface area contributed by atoms with Crippen molar-refractivity contribution < 1.29 is 0 Å². The Morgan fingerprint density at radius 2 is 1.73 bits per heavy atom. The average Bonchev–Trinajstić information content (AvgIpc) is 1.85. The zero-order valence-corrected chi connectivity index (χ0v) is 7.85. The van der Waals surface area contributed by atoms with Crippen molar-refractivity contribution in [2.45, 2.75) is 0 Å². The van der Waals surface area contributed by atoms with Crippen molar-refractivity contribution in [3.63, 3.8) is 0 Å². The lowest BCUT2D eigenvalue weighted by Gasteiger charge is -2.26. The Morgan fingerprint density at radius 3 is 2.18 bits per heavy atom. The molecule has 0 aliphatic rings. The number of hydrogen-bond donors (Lipinski definition) is 1. The van der Waals surface area contributed by atoms with E-state index in [0.717, 1.165) is 5.95 Å². The van der Waals surface area contributed by atoms with Gasteiger partial charge in [-0.25, -0.2) is 9.97 Å². The average molecular weight is 171 g/mol. The molecule has 0 unspecified atom stereocenters. The van der Waals surface area contributed by atoms with E-state index in [9.17, 15) is 0 Å². The fourth-order valence-electron chi connectivity index (χ4n) is 0.626. The van der Waals surface area contributed by atoms with Crippen molar-refractivity contribution in [3.8, 4) is 0 Å². The van der Waals surface area contributed by atoms with Crippen molar-refractivity contribution in [1.29, 1.82) is 0 Å². The second-order valence-corrected chi connectivity index (χ2v) is 6.89. The summed E-state index contributed by atoms with van der Waals surface area (Å²) in [5, 5.41) is 0. The standard InChI is InChI=1S/C7H13N3S/c1-11(2,3)10-7-8-5-4-6-9-7/h4-6H,1-3H3,(H,8,9,10). The van der Waals surface area contributed by atoms with Gasteiger partial charge < -0.3 is 4.72 Å². The van der Waals surface area contributed by atoms with Crippen LogP contribution in [-0.2, 0) is 0 Å². The third-order valence-corrected chi connectivity index (χ3v) is 1.76. The van der Waals surface area contributed by atoms with E-state index in [4.69, 9.17) is 0 Å². The molecule has 62 valence electrons. The topological polar surface area (TPSA) is 37.8 Å². The predicted molar refractivity (Wildman–Crippen MR) is 51.0 cm³/mol. The van der Waals surface area contributed by atoms with Gasteiger partial charge in [-0.3, -0.25) is 0 Å². The molecular weight excluding hydrogens is 158 g/mol. The van der Waals surface area contributed by atoms with Crippen LogP contribution in [0.4, 0.5) is 5.95 Å². The monoisotopic (exact) mass is 171 g/mol. The maximum atomic E-state index is 4.06. The highest BCUT2D eigenvalue weighted by atomic mass is 32.3. The molecule has 1 N–H and O–H groups in total. The van der Waals surface area contributed by atoms with Crippen LogP contribution < -0.4 is 4.72 Å². The summed E-state index contributed by atoms with van der Waals surface area (Å²) in [4.78, 5) is 8.13. The molecule has 0 radical (unpaired) electrons. The minimum atomic E-state index is -0.752. The van der Waals surface area contributed by atoms with E-state index in [1.165, 1.54) is 0 Å². The van der Waals surface area contributed by atoms with Crippen LogP contribution in [0.15, 0.2) is 18.5 Å². The molecule has 0 aromatic carbocycles. The minimum Gasteiger partial charge on any atom is -0.317 e. The first-order valence-electron chi connectivity index (χ1n) is 3.31. The summed E-state index contributed by atoms with van der Waals surface area (Å²) in [5.41, 5.74) is 0. The Morgan fingerprint density at radius 1 is 1.18 bits per heavy atom. The van der Waals surface area contributed by atoms with Gasteiger partial charge in [0.05, 0.1) is 0 Å². The van der Waals surface area contributed by atoms with Gasteiger partial charge in [-0.2, -0.15) is 10.2 Å². The molecular formula is C7H13N3S. The van der Waals surface area contributed by atoms with Crippen molar-refractivity contribution in [2.75, 3.05) is 23.5 Å². The number of aromatic nitrogens is 2. The molecule has 1 aromatic rings. The van der Waals surface area contributed by atoms with Crippen LogP contribution in [0.3, 0.4) is 0 Å². The summed E-state index contributed by atoms with van der Waals surface area (Å²) >= 11 is 0. The van der Waals surface area contributed by atoms with E-state index >= 15 is 0 Å². The normalized spacial score (nSPS) is 12.6. The van der Waals surface area contributed by atoms with E-state index in [1.54, 1.807) is 12.4 Å². The molecule has 0 aliphatic carbocycles. The van der Waals surface area contributed by atoms with Crippen molar-refractivity contribution in [2.24, 2.45) is 0 Å². The molecule has 11 heavy (non-hydrogen) atoms. The molecule has 0 atom stereocenters. The molecule has 1 rings (SSSR count). The largest absolute Gasteiger partial charge is 0.317 e. The highest BCUT2D eigenvalue weighted by Crippen LogP contribution is 2.33. The maximum absolute atomic E-state index is 4.06. The Labute approximate surface area is 68.7 Å².